The molecule has 2 aromatic heterocycles. The summed E-state index contributed by atoms with van der Waals surface area (Å²) in [6.07, 6.45) is 1.64. The standard InChI is InChI=1S/C33H48ClF2N4O7SSi2/c1-33(2,3)50(8,9)47-27-18-44-28-26(17-43-29(27)28)46-32-38-25-14-22(34)31(39-30(25)40(32)19-42-10-11-49(6)7)45-16-21-23(35)12-20(13-24(21)36)15-37-48(4,5)41/h12-14,26-29H,10-11,15-19H2,1-9H3/t26-,27-,28-,29-/m1/s1. The number of ether oxygens (including phenoxy) is 5. The van der Waals surface area contributed by atoms with Gasteiger partial charge in [-0.05, 0) is 47.9 Å². The van der Waals surface area contributed by atoms with Crippen LogP contribution in [-0.2, 0) is 48.2 Å². The third-order valence-electron chi connectivity index (χ3n) is 9.16. The number of benzene rings is 1. The van der Waals surface area contributed by atoms with Crippen LogP contribution in [0.2, 0.25) is 42.3 Å². The van der Waals surface area contributed by atoms with Crippen LogP contribution in [0.3, 0.4) is 0 Å². The maximum absolute atomic E-state index is 15.0. The molecule has 11 nitrogen and oxygen atoms in total. The maximum atomic E-state index is 15.0. The average Bonchev–Trinajstić information content (AvgIpc) is 3.67. The lowest BCUT2D eigenvalue weighted by molar-refractivity contribution is 0.00688. The van der Waals surface area contributed by atoms with E-state index in [1.165, 1.54) is 12.5 Å². The Hall–Kier alpha value is -2.19. The van der Waals surface area contributed by atoms with E-state index in [2.05, 4.69) is 61.3 Å². The number of hydrogen-bond donors (Lipinski definition) is 0. The van der Waals surface area contributed by atoms with Crippen molar-refractivity contribution in [3.63, 3.8) is 0 Å². The van der Waals surface area contributed by atoms with Crippen LogP contribution in [0.1, 0.15) is 31.9 Å². The molecule has 17 heteroatoms. The molecule has 0 saturated carbocycles. The van der Waals surface area contributed by atoms with Gasteiger partial charge in [0, 0.05) is 37.6 Å². The van der Waals surface area contributed by atoms with Gasteiger partial charge in [-0.1, -0.05) is 45.5 Å². The average molecular weight is 774 g/mol. The largest absolute Gasteiger partial charge is 0.471 e. The van der Waals surface area contributed by atoms with Crippen molar-refractivity contribution in [3.05, 3.63) is 46.0 Å². The number of pyridine rings is 1. The number of halogens is 3. The van der Waals surface area contributed by atoms with E-state index in [4.69, 9.17) is 39.7 Å². The quantitative estimate of drug-likeness (QED) is 0.128. The van der Waals surface area contributed by atoms with Gasteiger partial charge in [-0.3, -0.25) is 8.78 Å². The molecule has 2 aliphatic rings. The predicted octanol–water partition coefficient (Wildman–Crippen LogP) is 6.83. The van der Waals surface area contributed by atoms with Crippen molar-refractivity contribution in [1.29, 1.82) is 0 Å². The Labute approximate surface area is 301 Å². The number of hydrogen-bond acceptors (Lipinski definition) is 10. The van der Waals surface area contributed by atoms with Gasteiger partial charge >= 0.3 is 6.01 Å². The van der Waals surface area contributed by atoms with Crippen LogP contribution in [0, 0.1) is 11.6 Å². The zero-order valence-corrected chi connectivity index (χ0v) is 33.8. The van der Waals surface area contributed by atoms with Gasteiger partial charge in [-0.2, -0.15) is 9.97 Å². The molecule has 5 rings (SSSR count). The lowest BCUT2D eigenvalue weighted by Gasteiger charge is -2.39. The van der Waals surface area contributed by atoms with E-state index >= 15 is 0 Å². The molecule has 4 heterocycles. The van der Waals surface area contributed by atoms with E-state index in [0.29, 0.717) is 24.4 Å². The lowest BCUT2D eigenvalue weighted by atomic mass is 10.1. The zero-order chi connectivity index (χ0) is 36.6. The lowest BCUT2D eigenvalue weighted by Crippen LogP contribution is -2.47. The van der Waals surface area contributed by atoms with E-state index in [9.17, 15) is 13.0 Å². The van der Waals surface area contributed by atoms with E-state index in [0.717, 1.165) is 18.2 Å². The van der Waals surface area contributed by atoms with Crippen molar-refractivity contribution >= 4 is 49.6 Å². The molecule has 1 aromatic carbocycles. The Morgan fingerprint density at radius 1 is 1.08 bits per heavy atom. The summed E-state index contributed by atoms with van der Waals surface area (Å²) in [5.74, 6) is -1.68. The van der Waals surface area contributed by atoms with Crippen molar-refractivity contribution < 1.29 is 41.1 Å². The second kappa shape index (κ2) is 15.4. The fraction of sp³-hybridized carbons (Fsp3) is 0.636. The summed E-state index contributed by atoms with van der Waals surface area (Å²) in [4.78, 5) is 9.28. The molecule has 2 aliphatic heterocycles. The molecule has 0 amide bonds. The van der Waals surface area contributed by atoms with Gasteiger partial charge in [0.1, 0.15) is 47.7 Å². The molecule has 0 unspecified atom stereocenters. The first kappa shape index (κ1) is 39.0. The molecule has 3 aromatic rings. The summed E-state index contributed by atoms with van der Waals surface area (Å²) >= 11 is 6.54. The normalized spacial score (nSPS) is 21.3. The molecule has 2 saturated heterocycles. The van der Waals surface area contributed by atoms with E-state index in [1.807, 2.05) is 0 Å². The van der Waals surface area contributed by atoms with Crippen LogP contribution < -0.4 is 9.47 Å². The number of imidazole rings is 1. The van der Waals surface area contributed by atoms with Crippen molar-refractivity contribution in [1.82, 2.24) is 14.5 Å². The molecule has 0 N–H and O–H groups in total. The Morgan fingerprint density at radius 3 is 2.34 bits per heavy atom. The van der Waals surface area contributed by atoms with Crippen LogP contribution in [0.4, 0.5) is 8.78 Å². The van der Waals surface area contributed by atoms with E-state index in [-0.39, 0.29) is 71.3 Å². The highest BCUT2D eigenvalue weighted by Gasteiger charge is 2.52. The van der Waals surface area contributed by atoms with Crippen molar-refractivity contribution in [3.8, 4) is 11.9 Å². The van der Waals surface area contributed by atoms with Crippen LogP contribution >= 0.6 is 11.6 Å². The SMILES string of the molecule is C[Si](C)CCOCn1c(O[C@@H]2CO[C@H]3[C@@H]2OC[C@H]3O[Si](C)(C)C(C)(C)C)nc2cc(Cl)c(OCc3c(F)cc(CN=S(C)(C)=O)cc3F)nc21. The highest BCUT2D eigenvalue weighted by atomic mass is 35.5. The highest BCUT2D eigenvalue weighted by molar-refractivity contribution is 7.92. The van der Waals surface area contributed by atoms with Gasteiger partial charge in [0.2, 0.25) is 5.88 Å². The predicted molar refractivity (Wildman–Crippen MR) is 194 cm³/mol. The van der Waals surface area contributed by atoms with E-state index in [1.54, 1.807) is 10.6 Å². The van der Waals surface area contributed by atoms with Crippen LogP contribution in [0.5, 0.6) is 11.9 Å². The molecule has 50 heavy (non-hydrogen) atoms. The first-order valence-corrected chi connectivity index (χ1v) is 24.9. The molecule has 2 fully saturated rings. The maximum Gasteiger partial charge on any atom is 0.301 e. The van der Waals surface area contributed by atoms with Crippen LogP contribution in [0.25, 0.3) is 11.2 Å². The van der Waals surface area contributed by atoms with Gasteiger partial charge in [-0.15, -0.1) is 0 Å². The monoisotopic (exact) mass is 773 g/mol. The highest BCUT2D eigenvalue weighted by Crippen LogP contribution is 2.41. The third kappa shape index (κ3) is 9.24. The molecular weight excluding hydrogens is 726 g/mol. The fourth-order valence-electron chi connectivity index (χ4n) is 5.30. The van der Waals surface area contributed by atoms with Gasteiger partial charge in [0.25, 0.3) is 0 Å². The number of aromatic nitrogens is 3. The number of fused-ring (bicyclic) bond motifs is 2. The number of nitrogens with zero attached hydrogens (tertiary/aromatic N) is 4. The minimum Gasteiger partial charge on any atom is -0.471 e. The molecular formula is C33H48ClF2N4O7SSi2. The van der Waals surface area contributed by atoms with Crippen LogP contribution in [-0.4, -0.2) is 92.6 Å². The summed E-state index contributed by atoms with van der Waals surface area (Å²) in [5, 5.41) is 0.143. The molecule has 0 aliphatic carbocycles. The third-order valence-corrected chi connectivity index (χ3v) is 15.9. The molecule has 0 bridgehead atoms. The second-order valence-electron chi connectivity index (χ2n) is 14.9. The van der Waals surface area contributed by atoms with E-state index < -0.39 is 51.2 Å². The van der Waals surface area contributed by atoms with Gasteiger partial charge in [0.15, 0.2) is 20.1 Å². The second-order valence-corrected chi connectivity index (χ2v) is 25.6. The fourth-order valence-corrected chi connectivity index (χ4v) is 7.83. The Bertz CT molecular complexity index is 1790. The molecule has 4 atom stereocenters. The van der Waals surface area contributed by atoms with Crippen molar-refractivity contribution in [2.75, 3.05) is 32.3 Å². The van der Waals surface area contributed by atoms with Crippen molar-refractivity contribution in [2.24, 2.45) is 4.36 Å². The number of rotatable bonds is 14. The van der Waals surface area contributed by atoms with Gasteiger partial charge in [-0.25, -0.2) is 13.1 Å². The first-order chi connectivity index (χ1) is 23.3. The van der Waals surface area contributed by atoms with Gasteiger partial charge in [0.05, 0.1) is 31.4 Å². The van der Waals surface area contributed by atoms with Crippen molar-refractivity contribution in [2.45, 2.75) is 102 Å². The molecule has 277 valence electrons. The topological polar surface area (TPSA) is 116 Å². The minimum atomic E-state index is -2.42. The summed E-state index contributed by atoms with van der Waals surface area (Å²) in [5.41, 5.74) is 0.739. The molecule has 0 spiro atoms. The summed E-state index contributed by atoms with van der Waals surface area (Å²) < 4.78 is 84.8. The van der Waals surface area contributed by atoms with Crippen LogP contribution in [0.15, 0.2) is 22.6 Å². The first-order valence-electron chi connectivity index (χ1n) is 16.6. The Balaban J connectivity index is 1.36. The summed E-state index contributed by atoms with van der Waals surface area (Å²) in [6.45, 7) is 16.2. The van der Waals surface area contributed by atoms with Gasteiger partial charge < -0.3 is 28.1 Å². The summed E-state index contributed by atoms with van der Waals surface area (Å²) in [6, 6.07) is 5.06. The Kier molecular flexibility index (Phi) is 12.0. The Morgan fingerprint density at radius 2 is 1.72 bits per heavy atom. The summed E-state index contributed by atoms with van der Waals surface area (Å²) in [7, 11) is -4.99. The smallest absolute Gasteiger partial charge is 0.301 e. The molecule has 1 radical (unpaired) electrons. The zero-order valence-electron chi connectivity index (χ0n) is 30.2. The minimum absolute atomic E-state index is 0.0388.